The zero-order chi connectivity index (χ0) is 14.7. The average Bonchev–Trinajstić information content (AvgIpc) is 2.70. The van der Waals surface area contributed by atoms with Crippen molar-refractivity contribution in [2.24, 2.45) is 5.92 Å². The van der Waals surface area contributed by atoms with Crippen molar-refractivity contribution in [2.45, 2.75) is 27.3 Å². The van der Waals surface area contributed by atoms with Gasteiger partial charge < -0.3 is 14.4 Å². The van der Waals surface area contributed by atoms with Gasteiger partial charge in [0.2, 0.25) is 0 Å². The second-order valence-electron chi connectivity index (χ2n) is 5.26. The van der Waals surface area contributed by atoms with Gasteiger partial charge in [-0.1, -0.05) is 19.9 Å². The molecule has 0 atom stereocenters. The van der Waals surface area contributed by atoms with Crippen molar-refractivity contribution >= 4 is 17.0 Å². The van der Waals surface area contributed by atoms with E-state index in [4.69, 9.17) is 4.74 Å². The van der Waals surface area contributed by atoms with Crippen LogP contribution in [0.5, 0.6) is 0 Å². The molecule has 1 heterocycles. The summed E-state index contributed by atoms with van der Waals surface area (Å²) in [6.07, 6.45) is 0. The largest absolute Gasteiger partial charge is 0.478 e. The van der Waals surface area contributed by atoms with Gasteiger partial charge in [-0.2, -0.15) is 0 Å². The molecule has 0 fully saturated rings. The number of aryl methyl sites for hydroxylation is 1. The SMILES string of the molecule is Cc1nc2c(C(=O)O)cccc2n1CCOCC(C)C. The Morgan fingerprint density at radius 1 is 1.45 bits per heavy atom. The first-order chi connectivity index (χ1) is 9.50. The number of rotatable bonds is 6. The van der Waals surface area contributed by atoms with Crippen LogP contribution in [-0.2, 0) is 11.3 Å². The van der Waals surface area contributed by atoms with Gasteiger partial charge in [-0.25, -0.2) is 9.78 Å². The summed E-state index contributed by atoms with van der Waals surface area (Å²) in [5.41, 5.74) is 1.63. The predicted molar refractivity (Wildman–Crippen MR) is 77.1 cm³/mol. The molecule has 20 heavy (non-hydrogen) atoms. The number of para-hydroxylation sites is 1. The third-order valence-electron chi connectivity index (χ3n) is 3.11. The van der Waals surface area contributed by atoms with E-state index in [-0.39, 0.29) is 5.56 Å². The molecule has 0 saturated heterocycles. The van der Waals surface area contributed by atoms with Crippen LogP contribution in [0.25, 0.3) is 11.0 Å². The molecule has 0 aliphatic rings. The molecule has 2 aromatic rings. The number of ether oxygens (including phenoxy) is 1. The van der Waals surface area contributed by atoms with Crippen LogP contribution < -0.4 is 0 Å². The van der Waals surface area contributed by atoms with Gasteiger partial charge >= 0.3 is 5.97 Å². The zero-order valence-corrected chi connectivity index (χ0v) is 12.1. The molecule has 0 unspecified atom stereocenters. The minimum Gasteiger partial charge on any atom is -0.478 e. The van der Waals surface area contributed by atoms with E-state index in [2.05, 4.69) is 18.8 Å². The van der Waals surface area contributed by atoms with E-state index in [9.17, 15) is 9.90 Å². The van der Waals surface area contributed by atoms with Crippen molar-refractivity contribution in [2.75, 3.05) is 13.2 Å². The summed E-state index contributed by atoms with van der Waals surface area (Å²) < 4.78 is 7.59. The van der Waals surface area contributed by atoms with Gasteiger partial charge in [0, 0.05) is 13.2 Å². The van der Waals surface area contributed by atoms with Crippen molar-refractivity contribution < 1.29 is 14.6 Å². The number of benzene rings is 1. The van der Waals surface area contributed by atoms with Crippen LogP contribution >= 0.6 is 0 Å². The number of carbonyl (C=O) groups is 1. The van der Waals surface area contributed by atoms with Crippen molar-refractivity contribution in [1.29, 1.82) is 0 Å². The zero-order valence-electron chi connectivity index (χ0n) is 12.1. The average molecular weight is 276 g/mol. The molecule has 108 valence electrons. The highest BCUT2D eigenvalue weighted by molar-refractivity contribution is 6.01. The molecule has 0 aliphatic heterocycles. The number of aromatic carboxylic acids is 1. The highest BCUT2D eigenvalue weighted by atomic mass is 16.5. The molecule has 1 aromatic carbocycles. The lowest BCUT2D eigenvalue weighted by Gasteiger charge is -2.09. The summed E-state index contributed by atoms with van der Waals surface area (Å²) in [6.45, 7) is 8.11. The van der Waals surface area contributed by atoms with Crippen molar-refractivity contribution in [3.63, 3.8) is 0 Å². The molecule has 5 nitrogen and oxygen atoms in total. The Bertz CT molecular complexity index is 617. The third-order valence-corrected chi connectivity index (χ3v) is 3.11. The molecular formula is C15H20N2O3. The molecule has 0 amide bonds. The summed E-state index contributed by atoms with van der Waals surface area (Å²) >= 11 is 0. The summed E-state index contributed by atoms with van der Waals surface area (Å²) in [7, 11) is 0. The Morgan fingerprint density at radius 3 is 2.85 bits per heavy atom. The molecule has 0 saturated carbocycles. The first-order valence-corrected chi connectivity index (χ1v) is 6.77. The summed E-state index contributed by atoms with van der Waals surface area (Å²) in [5, 5.41) is 9.18. The van der Waals surface area contributed by atoms with Crippen LogP contribution in [0, 0.1) is 12.8 Å². The van der Waals surface area contributed by atoms with Gasteiger partial charge in [-0.15, -0.1) is 0 Å². The molecule has 2 rings (SSSR count). The number of imidazole rings is 1. The second-order valence-corrected chi connectivity index (χ2v) is 5.26. The van der Waals surface area contributed by atoms with Gasteiger partial charge in [0.05, 0.1) is 17.7 Å². The number of hydrogen-bond acceptors (Lipinski definition) is 3. The van der Waals surface area contributed by atoms with Crippen LogP contribution in [0.1, 0.15) is 30.0 Å². The highest BCUT2D eigenvalue weighted by Crippen LogP contribution is 2.20. The van der Waals surface area contributed by atoms with Crippen LogP contribution in [0.4, 0.5) is 0 Å². The molecule has 0 bridgehead atoms. The Hall–Kier alpha value is -1.88. The van der Waals surface area contributed by atoms with E-state index in [0.717, 1.165) is 17.9 Å². The first kappa shape index (κ1) is 14.5. The van der Waals surface area contributed by atoms with Gasteiger partial charge in [-0.05, 0) is 25.0 Å². The minimum atomic E-state index is -0.948. The standard InChI is InChI=1S/C15H20N2O3/c1-10(2)9-20-8-7-17-11(3)16-14-12(15(18)19)5-4-6-13(14)17/h4-6,10H,7-9H2,1-3H3,(H,18,19). The third kappa shape index (κ3) is 2.99. The van der Waals surface area contributed by atoms with Crippen molar-refractivity contribution in [3.8, 4) is 0 Å². The maximum Gasteiger partial charge on any atom is 0.337 e. The van der Waals surface area contributed by atoms with Gasteiger partial charge in [0.15, 0.2) is 0 Å². The van der Waals surface area contributed by atoms with E-state index in [1.165, 1.54) is 0 Å². The molecule has 5 heteroatoms. The Labute approximate surface area is 118 Å². The van der Waals surface area contributed by atoms with Crippen LogP contribution in [0.2, 0.25) is 0 Å². The monoisotopic (exact) mass is 276 g/mol. The fraction of sp³-hybridized carbons (Fsp3) is 0.467. The molecule has 1 N–H and O–H groups in total. The normalized spacial score (nSPS) is 11.4. The summed E-state index contributed by atoms with van der Waals surface area (Å²) in [5.74, 6) is 0.368. The molecule has 0 aliphatic carbocycles. The maximum absolute atomic E-state index is 11.2. The Balaban J connectivity index is 2.23. The Kier molecular flexibility index (Phi) is 4.39. The Morgan fingerprint density at radius 2 is 2.20 bits per heavy atom. The topological polar surface area (TPSA) is 64.3 Å². The number of aromatic nitrogens is 2. The number of carboxylic acids is 1. The van der Waals surface area contributed by atoms with Crippen molar-refractivity contribution in [1.82, 2.24) is 9.55 Å². The molecule has 0 radical (unpaired) electrons. The molecular weight excluding hydrogens is 256 g/mol. The lowest BCUT2D eigenvalue weighted by atomic mass is 10.2. The van der Waals surface area contributed by atoms with Crippen molar-refractivity contribution in [3.05, 3.63) is 29.6 Å². The van der Waals surface area contributed by atoms with E-state index in [1.54, 1.807) is 12.1 Å². The van der Waals surface area contributed by atoms with Crippen LogP contribution in [0.3, 0.4) is 0 Å². The van der Waals surface area contributed by atoms with Crippen LogP contribution in [-0.4, -0.2) is 33.8 Å². The first-order valence-electron chi connectivity index (χ1n) is 6.77. The lowest BCUT2D eigenvalue weighted by molar-refractivity contribution is 0.0699. The van der Waals surface area contributed by atoms with E-state index in [0.29, 0.717) is 24.6 Å². The molecule has 0 spiro atoms. The predicted octanol–water partition coefficient (Wildman–Crippen LogP) is 2.72. The maximum atomic E-state index is 11.2. The van der Waals surface area contributed by atoms with E-state index in [1.807, 2.05) is 17.6 Å². The highest BCUT2D eigenvalue weighted by Gasteiger charge is 2.14. The fourth-order valence-electron chi connectivity index (χ4n) is 2.19. The van der Waals surface area contributed by atoms with Gasteiger partial charge in [0.1, 0.15) is 11.3 Å². The fourth-order valence-corrected chi connectivity index (χ4v) is 2.19. The van der Waals surface area contributed by atoms with Gasteiger partial charge in [0.25, 0.3) is 0 Å². The van der Waals surface area contributed by atoms with Crippen LogP contribution in [0.15, 0.2) is 18.2 Å². The lowest BCUT2D eigenvalue weighted by Crippen LogP contribution is -2.10. The smallest absolute Gasteiger partial charge is 0.337 e. The summed E-state index contributed by atoms with van der Waals surface area (Å²) in [4.78, 5) is 15.6. The number of nitrogens with zero attached hydrogens (tertiary/aromatic N) is 2. The number of carboxylic acid groups (broad SMARTS) is 1. The second kappa shape index (κ2) is 6.05. The number of fused-ring (bicyclic) bond motifs is 1. The minimum absolute atomic E-state index is 0.243. The summed E-state index contributed by atoms with van der Waals surface area (Å²) in [6, 6.07) is 5.22. The quantitative estimate of drug-likeness (QED) is 0.824. The number of hydrogen-bond donors (Lipinski definition) is 1. The molecule has 1 aromatic heterocycles. The van der Waals surface area contributed by atoms with E-state index < -0.39 is 5.97 Å². The van der Waals surface area contributed by atoms with Gasteiger partial charge in [-0.3, -0.25) is 0 Å². The van der Waals surface area contributed by atoms with E-state index >= 15 is 0 Å².